The first-order chi connectivity index (χ1) is 7.08. The predicted octanol–water partition coefficient (Wildman–Crippen LogP) is 1.84. The fourth-order valence-corrected chi connectivity index (χ4v) is 3.35. The average Bonchev–Trinajstić information content (AvgIpc) is 2.54. The van der Waals surface area contributed by atoms with Gasteiger partial charge in [-0.05, 0) is 12.8 Å². The predicted molar refractivity (Wildman–Crippen MR) is 62.4 cm³/mol. The maximum Gasteiger partial charge on any atom is 0.223 e. The van der Waals surface area contributed by atoms with Gasteiger partial charge in [0, 0.05) is 11.8 Å². The second-order valence-electron chi connectivity index (χ2n) is 3.51. The van der Waals surface area contributed by atoms with Crippen LogP contribution in [0, 0.1) is 0 Å². The summed E-state index contributed by atoms with van der Waals surface area (Å²) in [4.78, 5) is 16.1. The summed E-state index contributed by atoms with van der Waals surface area (Å²) in [6.07, 6.45) is 1.21. The number of aromatic nitrogens is 1. The van der Waals surface area contributed by atoms with Crippen molar-refractivity contribution in [1.82, 2.24) is 4.98 Å². The van der Waals surface area contributed by atoms with E-state index in [0.717, 1.165) is 23.4 Å². The quantitative estimate of drug-likeness (QED) is 0.776. The molecule has 2 atom stereocenters. The van der Waals surface area contributed by atoms with Crippen LogP contribution in [0.3, 0.4) is 0 Å². The van der Waals surface area contributed by atoms with Crippen LogP contribution >= 0.6 is 27.3 Å². The van der Waals surface area contributed by atoms with Crippen LogP contribution < -0.4 is 5.32 Å². The topological polar surface area (TPSA) is 62.2 Å². The lowest BCUT2D eigenvalue weighted by molar-refractivity contribution is -0.114. The number of anilines is 1. The number of rotatable bonds is 1. The van der Waals surface area contributed by atoms with E-state index in [9.17, 15) is 9.90 Å². The van der Waals surface area contributed by atoms with Gasteiger partial charge in [0.2, 0.25) is 5.91 Å². The van der Waals surface area contributed by atoms with Crippen LogP contribution in [0.25, 0.3) is 0 Å². The van der Waals surface area contributed by atoms with Gasteiger partial charge in [0.05, 0.1) is 10.6 Å². The number of alkyl halides is 1. The van der Waals surface area contributed by atoms with Crippen LogP contribution in [-0.4, -0.2) is 20.8 Å². The summed E-state index contributed by atoms with van der Waals surface area (Å²) in [6.45, 7) is 1.45. The molecule has 0 fully saturated rings. The number of carbonyl (C=O) groups is 1. The lowest BCUT2D eigenvalue weighted by Crippen LogP contribution is -2.18. The first kappa shape index (κ1) is 11.0. The van der Waals surface area contributed by atoms with Crippen molar-refractivity contribution in [1.29, 1.82) is 0 Å². The van der Waals surface area contributed by atoms with E-state index in [1.807, 2.05) is 0 Å². The summed E-state index contributed by atoms with van der Waals surface area (Å²) < 4.78 is 0. The summed E-state index contributed by atoms with van der Waals surface area (Å²) in [5.41, 5.74) is 0.909. The number of amides is 1. The minimum atomic E-state index is -0.506. The van der Waals surface area contributed by atoms with Crippen molar-refractivity contribution in [2.75, 3.05) is 5.32 Å². The van der Waals surface area contributed by atoms with Crippen molar-refractivity contribution >= 4 is 38.3 Å². The highest BCUT2D eigenvalue weighted by atomic mass is 79.9. The highest BCUT2D eigenvalue weighted by Gasteiger charge is 2.29. The molecule has 0 aromatic carbocycles. The number of nitrogens with one attached hydrogen (secondary N) is 1. The number of fused-ring (bicyclic) bond motifs is 1. The minimum absolute atomic E-state index is 0.0932. The molecule has 82 valence electrons. The monoisotopic (exact) mass is 290 g/mol. The summed E-state index contributed by atoms with van der Waals surface area (Å²) >= 11 is 4.78. The molecule has 0 aliphatic heterocycles. The van der Waals surface area contributed by atoms with Crippen LogP contribution in [0.15, 0.2) is 0 Å². The van der Waals surface area contributed by atoms with Gasteiger partial charge in [-0.25, -0.2) is 4.98 Å². The normalized spacial score (nSPS) is 24.7. The van der Waals surface area contributed by atoms with Crippen LogP contribution in [0.4, 0.5) is 5.13 Å². The molecule has 0 bridgehead atoms. The molecule has 0 saturated carbocycles. The molecule has 1 amide bonds. The average molecular weight is 291 g/mol. The molecule has 2 rings (SSSR count). The molecule has 1 aliphatic carbocycles. The lowest BCUT2D eigenvalue weighted by atomic mass is 10.0. The van der Waals surface area contributed by atoms with Crippen LogP contribution in [0.5, 0.6) is 0 Å². The SMILES string of the molecule is CC(=O)Nc1nc2c(s1)C(O)C(Br)CC2. The lowest BCUT2D eigenvalue weighted by Gasteiger charge is -2.21. The van der Waals surface area contributed by atoms with Crippen LogP contribution in [0.2, 0.25) is 0 Å². The number of aliphatic hydroxyl groups is 1. The molecule has 1 aromatic heterocycles. The third-order valence-electron chi connectivity index (χ3n) is 2.28. The molecule has 1 heterocycles. The zero-order valence-corrected chi connectivity index (χ0v) is 10.6. The molecule has 6 heteroatoms. The summed E-state index contributed by atoms with van der Waals surface area (Å²) in [5, 5.41) is 13.1. The Kier molecular flexibility index (Phi) is 3.08. The van der Waals surface area contributed by atoms with E-state index in [0.29, 0.717) is 5.13 Å². The number of thiazole rings is 1. The van der Waals surface area contributed by atoms with Gasteiger partial charge >= 0.3 is 0 Å². The van der Waals surface area contributed by atoms with Crippen molar-refractivity contribution in [3.05, 3.63) is 10.6 Å². The molecule has 0 radical (unpaired) electrons. The van der Waals surface area contributed by atoms with Crippen molar-refractivity contribution < 1.29 is 9.90 Å². The minimum Gasteiger partial charge on any atom is -0.386 e. The van der Waals surface area contributed by atoms with Crippen molar-refractivity contribution in [3.8, 4) is 0 Å². The van der Waals surface area contributed by atoms with Gasteiger partial charge in [0.25, 0.3) is 0 Å². The van der Waals surface area contributed by atoms with Gasteiger partial charge in [-0.15, -0.1) is 0 Å². The molecular formula is C9H11BrN2O2S. The Balaban J connectivity index is 2.27. The van der Waals surface area contributed by atoms with Crippen molar-refractivity contribution in [2.24, 2.45) is 0 Å². The number of hydrogen-bond donors (Lipinski definition) is 2. The Morgan fingerprint density at radius 3 is 3.13 bits per heavy atom. The maximum atomic E-state index is 10.9. The zero-order chi connectivity index (χ0) is 11.0. The number of carbonyl (C=O) groups excluding carboxylic acids is 1. The largest absolute Gasteiger partial charge is 0.386 e. The van der Waals surface area contributed by atoms with Crippen molar-refractivity contribution in [3.63, 3.8) is 0 Å². The molecule has 15 heavy (non-hydrogen) atoms. The van der Waals surface area contributed by atoms with Gasteiger partial charge in [-0.1, -0.05) is 27.3 Å². The van der Waals surface area contributed by atoms with E-state index >= 15 is 0 Å². The summed E-state index contributed by atoms with van der Waals surface area (Å²) in [6, 6.07) is 0. The smallest absolute Gasteiger partial charge is 0.223 e. The standard InChI is InChI=1S/C9H11BrN2O2S/c1-4(13)11-9-12-6-3-2-5(10)7(14)8(6)15-9/h5,7,14H,2-3H2,1H3,(H,11,12,13). The van der Waals surface area contributed by atoms with Crippen molar-refractivity contribution in [2.45, 2.75) is 30.7 Å². The zero-order valence-electron chi connectivity index (χ0n) is 8.16. The number of aliphatic hydroxyl groups excluding tert-OH is 1. The fourth-order valence-electron chi connectivity index (χ4n) is 1.57. The van der Waals surface area contributed by atoms with E-state index in [1.54, 1.807) is 0 Å². The Hall–Kier alpha value is -0.460. The molecule has 2 N–H and O–H groups in total. The second-order valence-corrected chi connectivity index (χ2v) is 5.72. The molecular weight excluding hydrogens is 280 g/mol. The molecule has 1 aromatic rings. The third kappa shape index (κ3) is 2.21. The van der Waals surface area contributed by atoms with Gasteiger partial charge < -0.3 is 10.4 Å². The summed E-state index contributed by atoms with van der Waals surface area (Å²) in [7, 11) is 0. The first-order valence-corrected chi connectivity index (χ1v) is 6.40. The van der Waals surface area contributed by atoms with E-state index < -0.39 is 6.10 Å². The van der Waals surface area contributed by atoms with Crippen LogP contribution in [-0.2, 0) is 11.2 Å². The number of hydrogen-bond acceptors (Lipinski definition) is 4. The van der Waals surface area contributed by atoms with Gasteiger partial charge in [0.1, 0.15) is 6.10 Å². The molecule has 4 nitrogen and oxygen atoms in total. The Morgan fingerprint density at radius 2 is 2.47 bits per heavy atom. The molecule has 1 aliphatic rings. The van der Waals surface area contributed by atoms with Crippen LogP contribution in [0.1, 0.15) is 30.0 Å². The molecule has 0 saturated heterocycles. The Bertz CT molecular complexity index is 393. The fraction of sp³-hybridized carbons (Fsp3) is 0.556. The maximum absolute atomic E-state index is 10.9. The van der Waals surface area contributed by atoms with E-state index in [-0.39, 0.29) is 10.7 Å². The van der Waals surface area contributed by atoms with E-state index in [2.05, 4.69) is 26.2 Å². The highest BCUT2D eigenvalue weighted by Crippen LogP contribution is 2.39. The third-order valence-corrected chi connectivity index (χ3v) is 4.32. The number of nitrogens with zero attached hydrogens (tertiary/aromatic N) is 1. The Labute approximate surface area is 99.8 Å². The molecule has 0 spiro atoms. The van der Waals surface area contributed by atoms with Gasteiger partial charge in [-0.3, -0.25) is 4.79 Å². The first-order valence-electron chi connectivity index (χ1n) is 4.67. The van der Waals surface area contributed by atoms with Gasteiger partial charge in [-0.2, -0.15) is 0 Å². The highest BCUT2D eigenvalue weighted by molar-refractivity contribution is 9.09. The second kappa shape index (κ2) is 4.19. The summed E-state index contributed by atoms with van der Waals surface area (Å²) in [5.74, 6) is -0.133. The van der Waals surface area contributed by atoms with Gasteiger partial charge in [0.15, 0.2) is 5.13 Å². The number of halogens is 1. The molecule has 2 unspecified atom stereocenters. The number of aryl methyl sites for hydroxylation is 1. The Morgan fingerprint density at radius 1 is 1.73 bits per heavy atom. The van der Waals surface area contributed by atoms with E-state index in [1.165, 1.54) is 18.3 Å². The van der Waals surface area contributed by atoms with E-state index in [4.69, 9.17) is 0 Å².